The smallest absolute Gasteiger partial charge is 0.364 e. The number of aliphatic carboxylic acids is 1. The number of amides is 1. The van der Waals surface area contributed by atoms with Gasteiger partial charge in [-0.05, 0) is 6.92 Å². The Labute approximate surface area is 261 Å². The summed E-state index contributed by atoms with van der Waals surface area (Å²) in [5.41, 5.74) is 0. The van der Waals surface area contributed by atoms with E-state index in [1.165, 1.54) is 6.92 Å². The maximum atomic E-state index is 12.6. The van der Waals surface area contributed by atoms with Crippen LogP contribution in [0.4, 0.5) is 0 Å². The van der Waals surface area contributed by atoms with E-state index >= 15 is 0 Å². The zero-order valence-corrected chi connectivity index (χ0v) is 24.8. The average molecular weight is 675 g/mol. The predicted molar refractivity (Wildman–Crippen MR) is 143 cm³/mol. The molecule has 0 radical (unpaired) electrons. The molecule has 3 rings (SSSR count). The monoisotopic (exact) mass is 674 g/mol. The van der Waals surface area contributed by atoms with Crippen molar-refractivity contribution in [2.24, 2.45) is 5.18 Å². The predicted octanol–water partition coefficient (Wildman–Crippen LogP) is -6.41. The number of nitrogens with one attached hydrogen (secondary N) is 1. The van der Waals surface area contributed by atoms with Crippen LogP contribution in [-0.4, -0.2) is 187 Å². The lowest BCUT2D eigenvalue weighted by molar-refractivity contribution is -0.370. The normalized spacial score (nSPS) is 43.0. The number of rotatable bonds is 14. The molecule has 0 spiro atoms. The van der Waals surface area contributed by atoms with E-state index in [9.17, 15) is 65.6 Å². The SMILES string of the molecule is CC(=O)N[C@@H]1C(O)C[C@](OC2C(O)[C@H](OCCO[C@@H]3OC(C)[C@@H](O)C(O)C3O)OC(CO)[C@@H]2O)(C(=O)O)OC1C(O)C(O)CN=O. The van der Waals surface area contributed by atoms with Crippen molar-refractivity contribution in [2.75, 3.05) is 26.4 Å². The number of carboxylic acids is 1. The lowest BCUT2D eigenvalue weighted by atomic mass is 9.88. The van der Waals surface area contributed by atoms with Crippen molar-refractivity contribution in [1.82, 2.24) is 5.32 Å². The Kier molecular flexibility index (Phi) is 13.7. The minimum absolute atomic E-state index is 0.349. The van der Waals surface area contributed by atoms with E-state index in [1.54, 1.807) is 0 Å². The van der Waals surface area contributed by atoms with Crippen LogP contribution in [-0.2, 0) is 38.0 Å². The summed E-state index contributed by atoms with van der Waals surface area (Å²) in [4.78, 5) is 35.0. The van der Waals surface area contributed by atoms with Crippen LogP contribution in [0, 0.1) is 4.91 Å². The highest BCUT2D eigenvalue weighted by atomic mass is 16.8. The molecule has 46 heavy (non-hydrogen) atoms. The van der Waals surface area contributed by atoms with E-state index in [4.69, 9.17) is 28.4 Å². The molecule has 3 aliphatic rings. The quantitative estimate of drug-likeness (QED) is 0.0602. The maximum absolute atomic E-state index is 12.6. The van der Waals surface area contributed by atoms with Crippen LogP contribution >= 0.6 is 0 Å². The van der Waals surface area contributed by atoms with E-state index in [-0.39, 0.29) is 6.61 Å². The third-order valence-electron chi connectivity index (χ3n) is 7.87. The Morgan fingerprint density at radius 1 is 0.957 bits per heavy atom. The van der Waals surface area contributed by atoms with Gasteiger partial charge < -0.3 is 84.8 Å². The van der Waals surface area contributed by atoms with Crippen molar-refractivity contribution in [3.05, 3.63) is 4.91 Å². The van der Waals surface area contributed by atoms with Gasteiger partial charge in [-0.2, -0.15) is 4.91 Å². The van der Waals surface area contributed by atoms with E-state index in [1.807, 2.05) is 0 Å². The molecular weight excluding hydrogens is 632 g/mol. The van der Waals surface area contributed by atoms with E-state index < -0.39 is 136 Å². The first-order chi connectivity index (χ1) is 21.6. The van der Waals surface area contributed by atoms with Gasteiger partial charge in [0, 0.05) is 13.3 Å². The Morgan fingerprint density at radius 2 is 1.57 bits per heavy atom. The lowest BCUT2D eigenvalue weighted by Gasteiger charge is -2.49. The van der Waals surface area contributed by atoms with Crippen LogP contribution in [0.25, 0.3) is 0 Å². The second kappa shape index (κ2) is 16.4. The molecule has 3 aliphatic heterocycles. The molecule has 0 aromatic carbocycles. The van der Waals surface area contributed by atoms with Gasteiger partial charge in [0.15, 0.2) is 12.6 Å². The summed E-state index contributed by atoms with van der Waals surface area (Å²) in [5.74, 6) is -5.64. The summed E-state index contributed by atoms with van der Waals surface area (Å²) in [6.45, 7) is -0.0370. The highest BCUT2D eigenvalue weighted by molar-refractivity contribution is 5.76. The number of carbonyl (C=O) groups is 2. The number of ether oxygens (including phenoxy) is 6. The molecule has 3 fully saturated rings. The van der Waals surface area contributed by atoms with Crippen molar-refractivity contribution >= 4 is 11.9 Å². The molecule has 0 aromatic heterocycles. The first-order valence-corrected chi connectivity index (χ1v) is 14.3. The third-order valence-corrected chi connectivity index (χ3v) is 7.87. The number of aliphatic hydroxyl groups excluding tert-OH is 9. The second-order valence-corrected chi connectivity index (χ2v) is 11.2. The molecular formula is C25H42N2O19. The van der Waals surface area contributed by atoms with Crippen LogP contribution in [0.5, 0.6) is 0 Å². The maximum Gasteiger partial charge on any atom is 0.364 e. The molecule has 0 aliphatic carbocycles. The first kappa shape index (κ1) is 38.4. The van der Waals surface area contributed by atoms with Gasteiger partial charge in [0.25, 0.3) is 5.79 Å². The second-order valence-electron chi connectivity index (χ2n) is 11.2. The van der Waals surface area contributed by atoms with Crippen molar-refractivity contribution in [3.8, 4) is 0 Å². The van der Waals surface area contributed by atoms with E-state index in [0.29, 0.717) is 0 Å². The van der Waals surface area contributed by atoms with Crippen molar-refractivity contribution in [2.45, 2.75) is 118 Å². The molecule has 21 nitrogen and oxygen atoms in total. The highest BCUT2D eigenvalue weighted by Crippen LogP contribution is 2.37. The van der Waals surface area contributed by atoms with Gasteiger partial charge in [-0.3, -0.25) is 4.79 Å². The van der Waals surface area contributed by atoms with Crippen molar-refractivity contribution in [1.29, 1.82) is 0 Å². The lowest BCUT2D eigenvalue weighted by Crippen LogP contribution is -2.70. The molecule has 3 heterocycles. The minimum atomic E-state index is -2.97. The van der Waals surface area contributed by atoms with Crippen molar-refractivity contribution < 1.29 is 89.1 Å². The molecule has 266 valence electrons. The summed E-state index contributed by atoms with van der Waals surface area (Å²) < 4.78 is 32.6. The molecule has 0 aromatic rings. The molecule has 21 heteroatoms. The molecule has 3 saturated heterocycles. The minimum Gasteiger partial charge on any atom is -0.477 e. The molecule has 1 amide bonds. The standard InChI is InChI=1S/C25H42N2O19/c1-8-14(32)17(35)18(36)22(43-8)41-3-4-42-23-19(37)21(16(34)12(7-28)44-23)46-25(24(38)39)5-10(30)13(27-9(2)29)20(45-25)15(33)11(31)6-26-40/h8,10-23,28,30-37H,3-7H2,1-2H3,(H,27,29)(H,38,39)/t8?,10?,11?,12?,13-,14-,15?,16+,17?,18?,19?,20?,21?,22-,23-,25+/m1/s1. The van der Waals surface area contributed by atoms with E-state index in [0.717, 1.165) is 6.92 Å². The van der Waals surface area contributed by atoms with Gasteiger partial charge in [0.1, 0.15) is 67.6 Å². The fraction of sp³-hybridized carbons (Fsp3) is 0.920. The number of nitrogens with zero attached hydrogens (tertiary/aromatic N) is 1. The van der Waals surface area contributed by atoms with Gasteiger partial charge in [0.2, 0.25) is 5.91 Å². The molecule has 16 atom stereocenters. The van der Waals surface area contributed by atoms with Crippen LogP contribution in [0.2, 0.25) is 0 Å². The molecule has 11 N–H and O–H groups in total. The number of hydrogen-bond acceptors (Lipinski definition) is 19. The first-order valence-electron chi connectivity index (χ1n) is 14.3. The van der Waals surface area contributed by atoms with Crippen LogP contribution in [0.3, 0.4) is 0 Å². The number of nitroso groups, excluding NO2 is 1. The van der Waals surface area contributed by atoms with Crippen LogP contribution < -0.4 is 5.32 Å². The van der Waals surface area contributed by atoms with Gasteiger partial charge in [-0.15, -0.1) is 0 Å². The van der Waals surface area contributed by atoms with Crippen molar-refractivity contribution in [3.63, 3.8) is 0 Å². The fourth-order valence-corrected chi connectivity index (χ4v) is 5.35. The van der Waals surface area contributed by atoms with Gasteiger partial charge in [-0.25, -0.2) is 4.79 Å². The van der Waals surface area contributed by atoms with Gasteiger partial charge in [0.05, 0.1) is 38.1 Å². The molecule has 0 saturated carbocycles. The Morgan fingerprint density at radius 3 is 2.11 bits per heavy atom. The van der Waals surface area contributed by atoms with E-state index in [2.05, 4.69) is 10.5 Å². The Balaban J connectivity index is 1.78. The zero-order valence-electron chi connectivity index (χ0n) is 24.8. The summed E-state index contributed by atoms with van der Waals surface area (Å²) >= 11 is 0. The zero-order chi connectivity index (χ0) is 34.5. The number of carbonyl (C=O) groups excluding carboxylic acids is 1. The Bertz CT molecular complexity index is 1030. The number of carboxylic acid groups (broad SMARTS) is 1. The highest BCUT2D eigenvalue weighted by Gasteiger charge is 2.59. The van der Waals surface area contributed by atoms with Gasteiger partial charge in [-0.1, -0.05) is 5.18 Å². The average Bonchev–Trinajstić information content (AvgIpc) is 3.00. The number of aliphatic hydroxyl groups is 9. The topological polar surface area (TPSA) is 333 Å². The fourth-order valence-electron chi connectivity index (χ4n) is 5.35. The molecule has 0 bridgehead atoms. The van der Waals surface area contributed by atoms with Gasteiger partial charge >= 0.3 is 5.97 Å². The largest absolute Gasteiger partial charge is 0.477 e. The summed E-state index contributed by atoms with van der Waals surface area (Å²) in [5, 5.41) is 108. The van der Waals surface area contributed by atoms with Crippen LogP contribution in [0.15, 0.2) is 5.18 Å². The summed E-state index contributed by atoms with van der Waals surface area (Å²) in [6, 6.07) is -1.53. The van der Waals surface area contributed by atoms with Crippen LogP contribution in [0.1, 0.15) is 20.3 Å². The molecule has 10 unspecified atom stereocenters. The third kappa shape index (κ3) is 8.50. The summed E-state index contributed by atoms with van der Waals surface area (Å²) in [6.07, 6.45) is -24.8. The summed E-state index contributed by atoms with van der Waals surface area (Å²) in [7, 11) is 0. The Hall–Kier alpha value is -2.06. The number of hydrogen-bond donors (Lipinski definition) is 11.